The number of hydrogen-bond donors (Lipinski definition) is 1. The molecule has 1 saturated heterocycles. The summed E-state index contributed by atoms with van der Waals surface area (Å²) in [5.41, 5.74) is 5.73. The molecule has 0 spiro atoms. The number of methoxy groups -OCH3 is 1. The molecule has 1 aliphatic heterocycles. The Morgan fingerprint density at radius 3 is 2.86 bits per heavy atom. The Morgan fingerprint density at radius 1 is 1.36 bits per heavy atom. The van der Waals surface area contributed by atoms with Crippen LogP contribution in [0, 0.1) is 11.7 Å². The molecule has 2 N–H and O–H groups in total. The lowest BCUT2D eigenvalue weighted by molar-refractivity contribution is -0.137. The number of piperidine rings is 1. The van der Waals surface area contributed by atoms with Gasteiger partial charge in [0.05, 0.1) is 12.5 Å². The average Bonchev–Trinajstić information content (AvgIpc) is 3.06. The van der Waals surface area contributed by atoms with E-state index in [1.165, 1.54) is 18.1 Å². The molecule has 0 bridgehead atoms. The van der Waals surface area contributed by atoms with Crippen LogP contribution in [0.2, 0.25) is 0 Å². The number of hydrogen-bond acceptors (Lipinski definition) is 6. The summed E-state index contributed by atoms with van der Waals surface area (Å²) >= 11 is 1.10. The quantitative estimate of drug-likeness (QED) is 0.738. The van der Waals surface area contributed by atoms with Crippen molar-refractivity contribution in [2.75, 3.05) is 26.8 Å². The first-order valence-corrected chi connectivity index (χ1v) is 9.67. The molecule has 1 aliphatic rings. The number of benzene rings is 1. The SMILES string of the molecule is COCc1c(C(=O)OCC(=O)N2CCC[C@H](C(N)=O)C2)sc2cccc(F)c12. The zero-order valence-electron chi connectivity index (χ0n) is 15.4. The van der Waals surface area contributed by atoms with E-state index in [0.29, 0.717) is 35.0 Å². The smallest absolute Gasteiger partial charge is 0.349 e. The molecule has 0 aliphatic carbocycles. The Balaban J connectivity index is 1.71. The van der Waals surface area contributed by atoms with E-state index in [-0.39, 0.29) is 29.9 Å². The van der Waals surface area contributed by atoms with Crippen LogP contribution in [0.1, 0.15) is 28.1 Å². The van der Waals surface area contributed by atoms with Crippen molar-refractivity contribution in [3.05, 3.63) is 34.5 Å². The fraction of sp³-hybridized carbons (Fsp3) is 0.421. The summed E-state index contributed by atoms with van der Waals surface area (Å²) in [6, 6.07) is 4.59. The second-order valence-electron chi connectivity index (χ2n) is 6.61. The van der Waals surface area contributed by atoms with Gasteiger partial charge in [0.2, 0.25) is 5.91 Å². The second-order valence-corrected chi connectivity index (χ2v) is 7.67. The Labute approximate surface area is 165 Å². The van der Waals surface area contributed by atoms with Gasteiger partial charge in [0.15, 0.2) is 6.61 Å². The first kappa shape index (κ1) is 20.2. The maximum atomic E-state index is 14.2. The fourth-order valence-electron chi connectivity index (χ4n) is 3.33. The number of fused-ring (bicyclic) bond motifs is 1. The van der Waals surface area contributed by atoms with Gasteiger partial charge in [-0.2, -0.15) is 0 Å². The molecule has 1 atom stereocenters. The van der Waals surface area contributed by atoms with Gasteiger partial charge in [0.1, 0.15) is 10.7 Å². The third-order valence-electron chi connectivity index (χ3n) is 4.74. The minimum absolute atomic E-state index is 0.0474. The maximum Gasteiger partial charge on any atom is 0.349 e. The number of ether oxygens (including phenoxy) is 2. The van der Waals surface area contributed by atoms with Crippen molar-refractivity contribution in [1.29, 1.82) is 0 Å². The number of rotatable bonds is 6. The van der Waals surface area contributed by atoms with E-state index >= 15 is 0 Å². The normalized spacial score (nSPS) is 16.9. The number of nitrogens with two attached hydrogens (primary N) is 1. The van der Waals surface area contributed by atoms with Gasteiger partial charge in [-0.05, 0) is 25.0 Å². The van der Waals surface area contributed by atoms with Gasteiger partial charge < -0.3 is 20.1 Å². The van der Waals surface area contributed by atoms with E-state index in [2.05, 4.69) is 0 Å². The van der Waals surface area contributed by atoms with Crippen molar-refractivity contribution < 1.29 is 28.2 Å². The highest BCUT2D eigenvalue weighted by Gasteiger charge is 2.28. The van der Waals surface area contributed by atoms with E-state index < -0.39 is 24.3 Å². The summed E-state index contributed by atoms with van der Waals surface area (Å²) in [6.45, 7) is 0.317. The monoisotopic (exact) mass is 408 g/mol. The van der Waals surface area contributed by atoms with Gasteiger partial charge in [-0.15, -0.1) is 11.3 Å². The largest absolute Gasteiger partial charge is 0.451 e. The molecule has 3 rings (SSSR count). The molecule has 1 aromatic carbocycles. The molecular formula is C19H21FN2O5S. The van der Waals surface area contributed by atoms with Crippen molar-refractivity contribution in [1.82, 2.24) is 4.90 Å². The summed E-state index contributed by atoms with van der Waals surface area (Å²) in [5.74, 6) is -2.36. The van der Waals surface area contributed by atoms with Crippen molar-refractivity contribution in [3.63, 3.8) is 0 Å². The molecule has 150 valence electrons. The lowest BCUT2D eigenvalue weighted by atomic mass is 9.97. The summed E-state index contributed by atoms with van der Waals surface area (Å²) in [6.07, 6.45) is 1.31. The average molecular weight is 408 g/mol. The number of nitrogens with zero attached hydrogens (tertiary/aromatic N) is 1. The molecule has 9 heteroatoms. The van der Waals surface area contributed by atoms with E-state index in [1.807, 2.05) is 0 Å². The van der Waals surface area contributed by atoms with E-state index in [0.717, 1.165) is 11.3 Å². The van der Waals surface area contributed by atoms with Gasteiger partial charge >= 0.3 is 5.97 Å². The lowest BCUT2D eigenvalue weighted by Crippen LogP contribution is -2.45. The fourth-order valence-corrected chi connectivity index (χ4v) is 4.45. The van der Waals surface area contributed by atoms with Crippen LogP contribution in [0.3, 0.4) is 0 Å². The molecule has 1 aromatic heterocycles. The molecule has 0 saturated carbocycles. The van der Waals surface area contributed by atoms with Crippen molar-refractivity contribution in [2.24, 2.45) is 11.7 Å². The van der Waals surface area contributed by atoms with E-state index in [1.54, 1.807) is 12.1 Å². The zero-order chi connectivity index (χ0) is 20.3. The Bertz CT molecular complexity index is 913. The first-order valence-electron chi connectivity index (χ1n) is 8.85. The minimum Gasteiger partial charge on any atom is -0.451 e. The Morgan fingerprint density at radius 2 is 2.14 bits per heavy atom. The molecule has 7 nitrogen and oxygen atoms in total. The van der Waals surface area contributed by atoms with Gasteiger partial charge in [0.25, 0.3) is 5.91 Å². The molecule has 28 heavy (non-hydrogen) atoms. The third-order valence-corrected chi connectivity index (χ3v) is 5.92. The number of esters is 1. The van der Waals surface area contributed by atoms with Gasteiger partial charge in [-0.25, -0.2) is 9.18 Å². The number of carbonyl (C=O) groups is 3. The molecule has 2 heterocycles. The topological polar surface area (TPSA) is 98.9 Å². The van der Waals surface area contributed by atoms with Crippen LogP contribution in [-0.2, 0) is 25.7 Å². The molecule has 2 amide bonds. The van der Waals surface area contributed by atoms with Gasteiger partial charge in [-0.1, -0.05) is 6.07 Å². The molecule has 0 radical (unpaired) electrons. The van der Waals surface area contributed by atoms with Crippen LogP contribution in [0.25, 0.3) is 10.1 Å². The van der Waals surface area contributed by atoms with Gasteiger partial charge in [0, 0.05) is 35.8 Å². The predicted octanol–water partition coefficient (Wildman–Crippen LogP) is 2.07. The van der Waals surface area contributed by atoms with Crippen LogP contribution in [0.5, 0.6) is 0 Å². The van der Waals surface area contributed by atoms with Crippen LogP contribution < -0.4 is 5.73 Å². The number of amides is 2. The summed E-state index contributed by atoms with van der Waals surface area (Å²) in [4.78, 5) is 37.9. The summed E-state index contributed by atoms with van der Waals surface area (Å²) in [7, 11) is 1.45. The van der Waals surface area contributed by atoms with Crippen molar-refractivity contribution >= 4 is 39.2 Å². The number of halogens is 1. The highest BCUT2D eigenvalue weighted by molar-refractivity contribution is 7.21. The van der Waals surface area contributed by atoms with Crippen molar-refractivity contribution in [3.8, 4) is 0 Å². The van der Waals surface area contributed by atoms with Crippen LogP contribution >= 0.6 is 11.3 Å². The first-order chi connectivity index (χ1) is 13.4. The van der Waals surface area contributed by atoms with E-state index in [9.17, 15) is 18.8 Å². The third kappa shape index (κ3) is 4.15. The highest BCUT2D eigenvalue weighted by Crippen LogP contribution is 2.34. The summed E-state index contributed by atoms with van der Waals surface area (Å²) < 4.78 is 25.1. The van der Waals surface area contributed by atoms with Crippen LogP contribution in [-0.4, -0.2) is 49.5 Å². The molecule has 2 aromatic rings. The number of primary amides is 1. The van der Waals surface area contributed by atoms with Crippen LogP contribution in [0.4, 0.5) is 4.39 Å². The Kier molecular flexibility index (Phi) is 6.25. The zero-order valence-corrected chi connectivity index (χ0v) is 16.2. The lowest BCUT2D eigenvalue weighted by Gasteiger charge is -2.31. The van der Waals surface area contributed by atoms with E-state index in [4.69, 9.17) is 15.2 Å². The molecular weight excluding hydrogens is 387 g/mol. The number of carbonyl (C=O) groups excluding carboxylic acids is 3. The standard InChI is InChI=1S/C19H21FN2O5S/c1-26-9-12-16-13(20)5-2-6-14(16)28-17(12)19(25)27-10-15(23)22-7-3-4-11(8-22)18(21)24/h2,5-6,11H,3-4,7-10H2,1H3,(H2,21,24)/t11-/m0/s1. The highest BCUT2D eigenvalue weighted by atomic mass is 32.1. The molecule has 1 fully saturated rings. The summed E-state index contributed by atoms with van der Waals surface area (Å²) in [5, 5.41) is 0.327. The second kappa shape index (κ2) is 8.66. The minimum atomic E-state index is -0.704. The number of likely N-dealkylation sites (tertiary alicyclic amines) is 1. The molecule has 0 unspecified atom stereocenters. The Hall–Kier alpha value is -2.52. The van der Waals surface area contributed by atoms with Crippen molar-refractivity contribution in [2.45, 2.75) is 19.4 Å². The van der Waals surface area contributed by atoms with Crippen LogP contribution in [0.15, 0.2) is 18.2 Å². The predicted molar refractivity (Wildman–Crippen MR) is 101 cm³/mol. The maximum absolute atomic E-state index is 14.2. The van der Waals surface area contributed by atoms with Gasteiger partial charge in [-0.3, -0.25) is 9.59 Å². The number of thiophene rings is 1.